The zero-order valence-corrected chi connectivity index (χ0v) is 12.0. The lowest BCUT2D eigenvalue weighted by atomic mass is 9.97. The molecular formula is C13H26N2O2. The summed E-state index contributed by atoms with van der Waals surface area (Å²) in [7, 11) is 1.87. The number of hydrogen-bond acceptors (Lipinski definition) is 3. The number of hydrogen-bond donors (Lipinski definition) is 1. The Balaban J connectivity index is 2.74. The summed E-state index contributed by atoms with van der Waals surface area (Å²) >= 11 is 0. The second-order valence-corrected chi connectivity index (χ2v) is 6.27. The van der Waals surface area contributed by atoms with Crippen LogP contribution in [0.3, 0.4) is 0 Å². The highest BCUT2D eigenvalue weighted by Gasteiger charge is 2.40. The van der Waals surface area contributed by atoms with Gasteiger partial charge in [0.1, 0.15) is 0 Å². The van der Waals surface area contributed by atoms with Gasteiger partial charge < -0.3 is 15.0 Å². The molecular weight excluding hydrogens is 216 g/mol. The number of nitrogens with one attached hydrogen (secondary N) is 1. The minimum absolute atomic E-state index is 0.0182. The third kappa shape index (κ3) is 3.96. The van der Waals surface area contributed by atoms with Crippen molar-refractivity contribution in [3.63, 3.8) is 0 Å². The smallest absolute Gasteiger partial charge is 0.226 e. The highest BCUT2D eigenvalue weighted by Crippen LogP contribution is 2.28. The Bertz CT molecular complexity index is 271. The fourth-order valence-corrected chi connectivity index (χ4v) is 2.65. The van der Waals surface area contributed by atoms with Crippen LogP contribution in [0.2, 0.25) is 0 Å². The van der Waals surface area contributed by atoms with Gasteiger partial charge in [0.05, 0.1) is 11.2 Å². The van der Waals surface area contributed by atoms with Crippen LogP contribution in [0.25, 0.3) is 0 Å². The molecule has 1 aliphatic heterocycles. The summed E-state index contributed by atoms with van der Waals surface area (Å²) < 4.78 is 5.97. The SMILES string of the molecule is CNCC(C)C(=O)N1CC(C)(C)OC(C)(C)C1. The van der Waals surface area contributed by atoms with Crippen LogP contribution in [0.5, 0.6) is 0 Å². The third-order valence-corrected chi connectivity index (χ3v) is 2.94. The molecule has 0 aliphatic carbocycles. The lowest BCUT2D eigenvalue weighted by molar-refractivity contribution is -0.189. The van der Waals surface area contributed by atoms with Gasteiger partial charge in [-0.1, -0.05) is 6.92 Å². The van der Waals surface area contributed by atoms with Crippen LogP contribution < -0.4 is 5.32 Å². The van der Waals surface area contributed by atoms with E-state index in [1.54, 1.807) is 0 Å². The van der Waals surface area contributed by atoms with E-state index in [4.69, 9.17) is 4.74 Å². The van der Waals surface area contributed by atoms with Gasteiger partial charge in [0.25, 0.3) is 0 Å². The van der Waals surface area contributed by atoms with Gasteiger partial charge in [0, 0.05) is 25.6 Å². The number of nitrogens with zero attached hydrogens (tertiary/aromatic N) is 1. The largest absolute Gasteiger partial charge is 0.366 e. The molecule has 1 rings (SSSR count). The van der Waals surface area contributed by atoms with Crippen LogP contribution in [0.4, 0.5) is 0 Å². The molecule has 1 atom stereocenters. The number of carbonyl (C=O) groups is 1. The molecule has 1 amide bonds. The molecule has 100 valence electrons. The molecule has 0 bridgehead atoms. The van der Waals surface area contributed by atoms with Crippen LogP contribution in [-0.2, 0) is 9.53 Å². The minimum atomic E-state index is -0.267. The van der Waals surface area contributed by atoms with E-state index >= 15 is 0 Å². The highest BCUT2D eigenvalue weighted by atomic mass is 16.5. The molecule has 0 spiro atoms. The summed E-state index contributed by atoms with van der Waals surface area (Å²) in [6.45, 7) is 12.2. The Morgan fingerprint density at radius 3 is 2.18 bits per heavy atom. The first-order valence-corrected chi connectivity index (χ1v) is 6.30. The second-order valence-electron chi connectivity index (χ2n) is 6.27. The van der Waals surface area contributed by atoms with E-state index in [1.807, 2.05) is 46.6 Å². The fraction of sp³-hybridized carbons (Fsp3) is 0.923. The van der Waals surface area contributed by atoms with E-state index in [-0.39, 0.29) is 23.0 Å². The van der Waals surface area contributed by atoms with Gasteiger partial charge in [-0.05, 0) is 34.7 Å². The lowest BCUT2D eigenvalue weighted by Gasteiger charge is -2.47. The van der Waals surface area contributed by atoms with Crippen molar-refractivity contribution in [2.45, 2.75) is 45.8 Å². The van der Waals surface area contributed by atoms with Gasteiger partial charge in [0.15, 0.2) is 0 Å². The van der Waals surface area contributed by atoms with E-state index in [1.165, 1.54) is 0 Å². The maximum atomic E-state index is 12.3. The Morgan fingerprint density at radius 2 is 1.76 bits per heavy atom. The first-order chi connectivity index (χ1) is 7.67. The second kappa shape index (κ2) is 4.94. The first-order valence-electron chi connectivity index (χ1n) is 6.30. The lowest BCUT2D eigenvalue weighted by Crippen LogP contribution is -2.59. The summed E-state index contributed by atoms with van der Waals surface area (Å²) in [5, 5.41) is 3.05. The summed E-state index contributed by atoms with van der Waals surface area (Å²) in [5.41, 5.74) is -0.534. The highest BCUT2D eigenvalue weighted by molar-refractivity contribution is 5.79. The molecule has 1 unspecified atom stereocenters. The Labute approximate surface area is 105 Å². The quantitative estimate of drug-likeness (QED) is 0.810. The van der Waals surface area contributed by atoms with E-state index in [9.17, 15) is 4.79 Å². The van der Waals surface area contributed by atoms with Crippen molar-refractivity contribution in [2.24, 2.45) is 5.92 Å². The Hall–Kier alpha value is -0.610. The number of ether oxygens (including phenoxy) is 1. The average molecular weight is 242 g/mol. The standard InChI is InChI=1S/C13H26N2O2/c1-10(7-14-6)11(16)15-8-12(2,3)17-13(4,5)9-15/h10,14H,7-9H2,1-6H3. The molecule has 0 radical (unpaired) electrons. The molecule has 1 saturated heterocycles. The molecule has 1 heterocycles. The number of carbonyl (C=O) groups excluding carboxylic acids is 1. The Kier molecular flexibility index (Phi) is 4.20. The molecule has 1 N–H and O–H groups in total. The summed E-state index contributed by atoms with van der Waals surface area (Å²) in [6.07, 6.45) is 0. The monoisotopic (exact) mass is 242 g/mol. The molecule has 0 aromatic heterocycles. The maximum absolute atomic E-state index is 12.3. The summed E-state index contributed by atoms with van der Waals surface area (Å²) in [6, 6.07) is 0. The zero-order chi connectivity index (χ0) is 13.3. The minimum Gasteiger partial charge on any atom is -0.366 e. The van der Waals surface area contributed by atoms with Gasteiger partial charge >= 0.3 is 0 Å². The van der Waals surface area contributed by atoms with E-state index in [2.05, 4.69) is 5.32 Å². The van der Waals surface area contributed by atoms with Crippen LogP contribution in [0.1, 0.15) is 34.6 Å². The molecule has 4 nitrogen and oxygen atoms in total. The normalized spacial score (nSPS) is 24.5. The van der Waals surface area contributed by atoms with Crippen LogP contribution in [0, 0.1) is 5.92 Å². The van der Waals surface area contributed by atoms with Crippen molar-refractivity contribution in [1.82, 2.24) is 10.2 Å². The molecule has 0 aromatic carbocycles. The van der Waals surface area contributed by atoms with Crippen LogP contribution >= 0.6 is 0 Å². The van der Waals surface area contributed by atoms with Crippen molar-refractivity contribution >= 4 is 5.91 Å². The van der Waals surface area contributed by atoms with Gasteiger partial charge in [0.2, 0.25) is 5.91 Å². The van der Waals surface area contributed by atoms with Gasteiger partial charge in [-0.15, -0.1) is 0 Å². The molecule has 1 aliphatic rings. The van der Waals surface area contributed by atoms with Crippen LogP contribution in [0.15, 0.2) is 0 Å². The van der Waals surface area contributed by atoms with Crippen molar-refractivity contribution < 1.29 is 9.53 Å². The number of amides is 1. The van der Waals surface area contributed by atoms with Gasteiger partial charge in [-0.3, -0.25) is 4.79 Å². The average Bonchev–Trinajstić information content (AvgIpc) is 2.12. The van der Waals surface area contributed by atoms with Gasteiger partial charge in [-0.25, -0.2) is 0 Å². The summed E-state index contributed by atoms with van der Waals surface area (Å²) in [5.74, 6) is 0.230. The van der Waals surface area contributed by atoms with Crippen LogP contribution in [-0.4, -0.2) is 48.7 Å². The molecule has 0 saturated carbocycles. The number of rotatable bonds is 3. The van der Waals surface area contributed by atoms with Crippen molar-refractivity contribution in [3.8, 4) is 0 Å². The topological polar surface area (TPSA) is 41.6 Å². The Morgan fingerprint density at radius 1 is 1.29 bits per heavy atom. The maximum Gasteiger partial charge on any atom is 0.226 e. The molecule has 4 heteroatoms. The van der Waals surface area contributed by atoms with E-state index in [0.717, 1.165) is 6.54 Å². The third-order valence-electron chi connectivity index (χ3n) is 2.94. The first kappa shape index (κ1) is 14.5. The van der Waals surface area contributed by atoms with E-state index in [0.29, 0.717) is 13.1 Å². The zero-order valence-electron chi connectivity index (χ0n) is 12.0. The van der Waals surface area contributed by atoms with Crippen molar-refractivity contribution in [3.05, 3.63) is 0 Å². The van der Waals surface area contributed by atoms with E-state index < -0.39 is 0 Å². The number of morpholine rings is 1. The molecule has 1 fully saturated rings. The van der Waals surface area contributed by atoms with Crippen molar-refractivity contribution in [2.75, 3.05) is 26.7 Å². The van der Waals surface area contributed by atoms with Gasteiger partial charge in [-0.2, -0.15) is 0 Å². The molecule has 0 aromatic rings. The predicted octanol–water partition coefficient (Wildman–Crippen LogP) is 1.26. The van der Waals surface area contributed by atoms with Crippen molar-refractivity contribution in [1.29, 1.82) is 0 Å². The predicted molar refractivity (Wildman–Crippen MR) is 68.9 cm³/mol. The molecule has 17 heavy (non-hydrogen) atoms. The fourth-order valence-electron chi connectivity index (χ4n) is 2.65. The summed E-state index contributed by atoms with van der Waals surface area (Å²) in [4.78, 5) is 14.2.